The van der Waals surface area contributed by atoms with Crippen LogP contribution in [0.3, 0.4) is 0 Å². The van der Waals surface area contributed by atoms with E-state index in [2.05, 4.69) is 55.0 Å². The lowest BCUT2D eigenvalue weighted by Crippen LogP contribution is -2.10. The fourth-order valence-corrected chi connectivity index (χ4v) is 2.06. The molecule has 1 rings (SSSR count). The molecule has 90 valence electrons. The molecule has 0 aromatic heterocycles. The minimum Gasteiger partial charge on any atom is -0.507 e. The van der Waals surface area contributed by atoms with Crippen LogP contribution >= 0.6 is 15.9 Å². The minimum atomic E-state index is 0.307. The first-order chi connectivity index (χ1) is 7.40. The molecule has 0 atom stereocenters. The van der Waals surface area contributed by atoms with Gasteiger partial charge < -0.3 is 10.4 Å². The van der Waals surface area contributed by atoms with Crippen molar-refractivity contribution < 1.29 is 5.11 Å². The Morgan fingerprint density at radius 3 is 2.38 bits per heavy atom. The SMILES string of the molecule is CC(C)Cc1cc(NC(C)C)cc(O)c1Br. The number of phenols is 1. The second kappa shape index (κ2) is 5.58. The number of aromatic hydroxyl groups is 1. The molecule has 0 aliphatic heterocycles. The Morgan fingerprint density at radius 1 is 1.25 bits per heavy atom. The van der Waals surface area contributed by atoms with Crippen molar-refractivity contribution in [3.05, 3.63) is 22.2 Å². The highest BCUT2D eigenvalue weighted by atomic mass is 79.9. The largest absolute Gasteiger partial charge is 0.507 e. The number of phenolic OH excluding ortho intramolecular Hbond substituents is 1. The number of anilines is 1. The molecule has 0 saturated carbocycles. The molecule has 0 radical (unpaired) electrons. The first kappa shape index (κ1) is 13.4. The van der Waals surface area contributed by atoms with Gasteiger partial charge in [0.05, 0.1) is 4.47 Å². The smallest absolute Gasteiger partial charge is 0.132 e. The summed E-state index contributed by atoms with van der Waals surface area (Å²) in [5, 5.41) is 13.1. The van der Waals surface area contributed by atoms with Gasteiger partial charge in [0, 0.05) is 17.8 Å². The van der Waals surface area contributed by atoms with E-state index in [1.807, 2.05) is 0 Å². The van der Waals surface area contributed by atoms with Gasteiger partial charge in [-0.15, -0.1) is 0 Å². The van der Waals surface area contributed by atoms with E-state index >= 15 is 0 Å². The summed E-state index contributed by atoms with van der Waals surface area (Å²) in [7, 11) is 0. The lowest BCUT2D eigenvalue weighted by Gasteiger charge is -2.15. The Bertz CT molecular complexity index is 361. The molecule has 0 bridgehead atoms. The number of halogens is 1. The van der Waals surface area contributed by atoms with Crippen molar-refractivity contribution in [1.29, 1.82) is 0 Å². The summed E-state index contributed by atoms with van der Waals surface area (Å²) in [6, 6.07) is 4.23. The van der Waals surface area contributed by atoms with Gasteiger partial charge in [0.1, 0.15) is 5.75 Å². The average molecular weight is 286 g/mol. The maximum atomic E-state index is 9.82. The molecule has 0 aliphatic rings. The normalized spacial score (nSPS) is 11.2. The van der Waals surface area contributed by atoms with Crippen LogP contribution in [-0.4, -0.2) is 11.1 Å². The number of rotatable bonds is 4. The Hall–Kier alpha value is -0.700. The molecular weight excluding hydrogens is 266 g/mol. The predicted molar refractivity (Wildman–Crippen MR) is 73.1 cm³/mol. The highest BCUT2D eigenvalue weighted by molar-refractivity contribution is 9.10. The zero-order valence-electron chi connectivity index (χ0n) is 10.3. The van der Waals surface area contributed by atoms with Crippen molar-refractivity contribution in [1.82, 2.24) is 0 Å². The van der Waals surface area contributed by atoms with E-state index in [4.69, 9.17) is 0 Å². The van der Waals surface area contributed by atoms with E-state index in [0.717, 1.165) is 22.1 Å². The number of hydrogen-bond acceptors (Lipinski definition) is 2. The van der Waals surface area contributed by atoms with E-state index in [0.29, 0.717) is 17.7 Å². The van der Waals surface area contributed by atoms with Gasteiger partial charge in [0.25, 0.3) is 0 Å². The summed E-state index contributed by atoms with van der Waals surface area (Å²) in [5.74, 6) is 0.881. The molecule has 0 unspecified atom stereocenters. The van der Waals surface area contributed by atoms with Crippen LogP contribution in [-0.2, 0) is 6.42 Å². The standard InChI is InChI=1S/C13H20BrNO/c1-8(2)5-10-6-11(15-9(3)4)7-12(16)13(10)14/h6-9,15-16H,5H2,1-4H3. The van der Waals surface area contributed by atoms with Crippen LogP contribution in [0.4, 0.5) is 5.69 Å². The van der Waals surface area contributed by atoms with Crippen molar-refractivity contribution in [2.75, 3.05) is 5.32 Å². The van der Waals surface area contributed by atoms with Gasteiger partial charge in [-0.3, -0.25) is 0 Å². The van der Waals surface area contributed by atoms with Crippen LogP contribution in [0, 0.1) is 5.92 Å². The van der Waals surface area contributed by atoms with Gasteiger partial charge in [-0.05, 0) is 53.7 Å². The lowest BCUT2D eigenvalue weighted by molar-refractivity contribution is 0.470. The van der Waals surface area contributed by atoms with Crippen molar-refractivity contribution in [3.8, 4) is 5.75 Å². The Kier molecular flexibility index (Phi) is 4.66. The van der Waals surface area contributed by atoms with E-state index in [1.165, 1.54) is 0 Å². The van der Waals surface area contributed by atoms with E-state index in [9.17, 15) is 5.11 Å². The molecule has 0 amide bonds. The van der Waals surface area contributed by atoms with Gasteiger partial charge in [0.2, 0.25) is 0 Å². The molecule has 0 heterocycles. The average Bonchev–Trinajstić information content (AvgIpc) is 2.11. The summed E-state index contributed by atoms with van der Waals surface area (Å²) < 4.78 is 0.815. The third-order valence-electron chi connectivity index (χ3n) is 2.21. The van der Waals surface area contributed by atoms with Crippen molar-refractivity contribution in [2.24, 2.45) is 5.92 Å². The quantitative estimate of drug-likeness (QED) is 0.870. The summed E-state index contributed by atoms with van der Waals surface area (Å²) >= 11 is 3.43. The van der Waals surface area contributed by atoms with Crippen molar-refractivity contribution >= 4 is 21.6 Å². The molecule has 0 saturated heterocycles. The lowest BCUT2D eigenvalue weighted by atomic mass is 10.0. The first-order valence-electron chi connectivity index (χ1n) is 5.68. The van der Waals surface area contributed by atoms with Crippen LogP contribution in [0.1, 0.15) is 33.3 Å². The van der Waals surface area contributed by atoms with Crippen molar-refractivity contribution in [2.45, 2.75) is 40.2 Å². The molecule has 0 fully saturated rings. The molecule has 3 heteroatoms. The van der Waals surface area contributed by atoms with E-state index in [-0.39, 0.29) is 0 Å². The molecule has 2 nitrogen and oxygen atoms in total. The highest BCUT2D eigenvalue weighted by Crippen LogP contribution is 2.33. The van der Waals surface area contributed by atoms with Gasteiger partial charge in [-0.2, -0.15) is 0 Å². The number of nitrogens with one attached hydrogen (secondary N) is 1. The molecule has 0 spiro atoms. The Morgan fingerprint density at radius 2 is 1.88 bits per heavy atom. The zero-order valence-corrected chi connectivity index (χ0v) is 11.9. The maximum Gasteiger partial charge on any atom is 0.132 e. The van der Waals surface area contributed by atoms with Gasteiger partial charge in [-0.1, -0.05) is 13.8 Å². The van der Waals surface area contributed by atoms with E-state index < -0.39 is 0 Å². The molecule has 1 aromatic carbocycles. The summed E-state index contributed by atoms with van der Waals surface area (Å²) in [6.07, 6.45) is 0.960. The van der Waals surface area contributed by atoms with Gasteiger partial charge in [-0.25, -0.2) is 0 Å². The molecule has 1 aromatic rings. The number of benzene rings is 1. The number of hydrogen-bond donors (Lipinski definition) is 2. The van der Waals surface area contributed by atoms with Crippen LogP contribution in [0.5, 0.6) is 5.75 Å². The zero-order chi connectivity index (χ0) is 12.3. The summed E-state index contributed by atoms with van der Waals surface area (Å²) in [6.45, 7) is 8.51. The highest BCUT2D eigenvalue weighted by Gasteiger charge is 2.09. The topological polar surface area (TPSA) is 32.3 Å². The molecule has 16 heavy (non-hydrogen) atoms. The van der Waals surface area contributed by atoms with Crippen molar-refractivity contribution in [3.63, 3.8) is 0 Å². The molecule has 0 aliphatic carbocycles. The van der Waals surface area contributed by atoms with Crippen LogP contribution < -0.4 is 5.32 Å². The Balaban J connectivity index is 3.01. The summed E-state index contributed by atoms with van der Waals surface area (Å²) in [4.78, 5) is 0. The summed E-state index contributed by atoms with van der Waals surface area (Å²) in [5.41, 5.74) is 2.13. The predicted octanol–water partition coefficient (Wildman–Crippen LogP) is 4.17. The van der Waals surface area contributed by atoms with Gasteiger partial charge >= 0.3 is 0 Å². The third kappa shape index (κ3) is 3.71. The second-order valence-corrected chi connectivity index (χ2v) is 5.66. The van der Waals surface area contributed by atoms with Crippen LogP contribution in [0.2, 0.25) is 0 Å². The fourth-order valence-electron chi connectivity index (χ4n) is 1.67. The Labute approximate surface area is 106 Å². The van der Waals surface area contributed by atoms with Crippen LogP contribution in [0.25, 0.3) is 0 Å². The fraction of sp³-hybridized carbons (Fsp3) is 0.538. The van der Waals surface area contributed by atoms with Gasteiger partial charge in [0.15, 0.2) is 0 Å². The first-order valence-corrected chi connectivity index (χ1v) is 6.47. The second-order valence-electron chi connectivity index (χ2n) is 4.87. The van der Waals surface area contributed by atoms with Crippen LogP contribution in [0.15, 0.2) is 16.6 Å². The minimum absolute atomic E-state index is 0.307. The third-order valence-corrected chi connectivity index (χ3v) is 3.13. The molecular formula is C13H20BrNO. The maximum absolute atomic E-state index is 9.82. The molecule has 2 N–H and O–H groups in total. The monoisotopic (exact) mass is 285 g/mol. The van der Waals surface area contributed by atoms with E-state index in [1.54, 1.807) is 6.07 Å².